The predicted molar refractivity (Wildman–Crippen MR) is 221 cm³/mol. The summed E-state index contributed by atoms with van der Waals surface area (Å²) in [7, 11) is 1.50. The largest absolute Gasteiger partial charge is 0.480 e. The van der Waals surface area contributed by atoms with Gasteiger partial charge in [0.1, 0.15) is 24.2 Å². The molecule has 5 amide bonds. The van der Waals surface area contributed by atoms with Crippen molar-refractivity contribution < 1.29 is 38.9 Å². The average Bonchev–Trinajstić information content (AvgIpc) is 3.79. The molecule has 3 heterocycles. The van der Waals surface area contributed by atoms with Crippen LogP contribution in [0.4, 0.5) is 4.79 Å². The van der Waals surface area contributed by atoms with Gasteiger partial charge in [0, 0.05) is 55.8 Å². The number of aromatic nitrogens is 3. The number of ether oxygens (including phenoxy) is 1. The molecule has 1 aliphatic carbocycles. The lowest BCUT2D eigenvalue weighted by Gasteiger charge is -2.35. The van der Waals surface area contributed by atoms with Gasteiger partial charge in [0.25, 0.3) is 5.56 Å². The number of fused-ring (bicyclic) bond motifs is 1. The summed E-state index contributed by atoms with van der Waals surface area (Å²) in [5.74, 6) is -3.00. The maximum atomic E-state index is 14.1. The quantitative estimate of drug-likeness (QED) is 0.0865. The second-order valence-corrected chi connectivity index (χ2v) is 16.5. The lowest BCUT2D eigenvalue weighted by Crippen LogP contribution is -2.63. The summed E-state index contributed by atoms with van der Waals surface area (Å²) in [5.41, 5.74) is 6.50. The van der Waals surface area contributed by atoms with E-state index < -0.39 is 89.6 Å². The molecule has 2 fully saturated rings. The highest BCUT2D eigenvalue weighted by Gasteiger charge is 2.39. The van der Waals surface area contributed by atoms with Gasteiger partial charge in [-0.15, -0.1) is 0 Å². The topological polar surface area (TPSA) is 283 Å². The fraction of sp³-hybridized carbons (Fsp3) is 0.585. The molecule has 60 heavy (non-hydrogen) atoms. The summed E-state index contributed by atoms with van der Waals surface area (Å²) in [5, 5.41) is 32.1. The summed E-state index contributed by atoms with van der Waals surface area (Å²) >= 11 is 0. The van der Waals surface area contributed by atoms with Gasteiger partial charge in [0.15, 0.2) is 6.23 Å². The second kappa shape index (κ2) is 20.6. The van der Waals surface area contributed by atoms with E-state index in [1.807, 2.05) is 38.1 Å². The number of aliphatic carboxylic acids is 1. The number of aromatic amines is 2. The number of aliphatic hydroxyl groups excluding tert-OH is 1. The van der Waals surface area contributed by atoms with Gasteiger partial charge in [-0.05, 0) is 43.2 Å². The van der Waals surface area contributed by atoms with Crippen LogP contribution in [0, 0.1) is 11.8 Å². The number of carboxylic acid groups (broad SMARTS) is 1. The Kier molecular flexibility index (Phi) is 15.7. The predicted octanol–water partition coefficient (Wildman–Crippen LogP) is 0.822. The van der Waals surface area contributed by atoms with E-state index in [1.165, 1.54) is 18.1 Å². The van der Waals surface area contributed by atoms with Crippen LogP contribution in [0.25, 0.3) is 10.9 Å². The number of para-hydroxylation sites is 1. The Morgan fingerprint density at radius 1 is 0.983 bits per heavy atom. The van der Waals surface area contributed by atoms with E-state index in [1.54, 1.807) is 13.1 Å². The molecule has 10 N–H and O–H groups in total. The molecule has 1 unspecified atom stereocenters. The monoisotopic (exact) mass is 837 g/mol. The molecule has 1 saturated heterocycles. The molecule has 0 spiro atoms. The van der Waals surface area contributed by atoms with Crippen molar-refractivity contribution in [3.8, 4) is 0 Å². The molecular formula is C41H59N9O10. The van der Waals surface area contributed by atoms with Gasteiger partial charge < -0.3 is 51.8 Å². The molecule has 2 aromatic heterocycles. The van der Waals surface area contributed by atoms with E-state index in [9.17, 15) is 43.8 Å². The van der Waals surface area contributed by atoms with Crippen LogP contribution in [0.3, 0.4) is 0 Å². The van der Waals surface area contributed by atoms with Gasteiger partial charge in [0.05, 0.1) is 18.2 Å². The number of H-pyrrole nitrogens is 2. The highest BCUT2D eigenvalue weighted by molar-refractivity contribution is 5.93. The van der Waals surface area contributed by atoms with E-state index in [-0.39, 0.29) is 31.7 Å². The Labute approximate surface area is 347 Å². The van der Waals surface area contributed by atoms with Crippen molar-refractivity contribution in [3.63, 3.8) is 0 Å². The van der Waals surface area contributed by atoms with Crippen molar-refractivity contribution in [3.05, 3.63) is 69.1 Å². The second-order valence-electron chi connectivity index (χ2n) is 16.5. The van der Waals surface area contributed by atoms with E-state index in [2.05, 4.69) is 31.2 Å². The van der Waals surface area contributed by atoms with Gasteiger partial charge in [-0.25, -0.2) is 14.4 Å². The van der Waals surface area contributed by atoms with Gasteiger partial charge >= 0.3 is 17.7 Å². The van der Waals surface area contributed by atoms with Gasteiger partial charge in [-0.3, -0.25) is 28.7 Å². The normalized spacial score (nSPS) is 20.8. The Morgan fingerprint density at radius 2 is 1.68 bits per heavy atom. The molecule has 0 bridgehead atoms. The van der Waals surface area contributed by atoms with Crippen LogP contribution < -0.4 is 38.2 Å². The Morgan fingerprint density at radius 3 is 2.37 bits per heavy atom. The van der Waals surface area contributed by atoms with Gasteiger partial charge in [-0.1, -0.05) is 64.2 Å². The third kappa shape index (κ3) is 11.8. The van der Waals surface area contributed by atoms with Crippen molar-refractivity contribution in [1.82, 2.24) is 40.7 Å². The lowest BCUT2D eigenvalue weighted by atomic mass is 9.84. The van der Waals surface area contributed by atoms with Crippen LogP contribution in [0.2, 0.25) is 0 Å². The highest BCUT2D eigenvalue weighted by atomic mass is 16.5. The standard InChI is InChI=1S/C41H59N9O10/c1-22(2)16-30(45-40(58)46-31(39(56)57)18-25-20-43-29-13-9-8-12-27(25)29)35(53)48-34(23(3)49(4)37(55)28(42)17-24-10-6-5-7-11-24)36(54)44-21-26-19-32(51)38(60-26)50-15-14-33(52)47-41(50)59/h8-9,12-15,20,22-24,26,28,30-32,34,38,43,51H,5-7,10-11,16-19,21,42H2,1-4H3,(H,44,54)(H,48,53)(H,56,57)(H2,45,46,58)(H,47,52,59)/t23-,26+,28?,30-,31-,32+,34-,38+/m0/s1. The minimum absolute atomic E-state index is 0.0185. The maximum absolute atomic E-state index is 14.1. The number of likely N-dealkylation sites (N-methyl/N-ethyl adjacent to an activating group) is 1. The fourth-order valence-electron chi connectivity index (χ4n) is 8.07. The molecule has 1 aliphatic heterocycles. The van der Waals surface area contributed by atoms with E-state index >= 15 is 0 Å². The molecule has 328 valence electrons. The first-order chi connectivity index (χ1) is 28.5. The van der Waals surface area contributed by atoms with Crippen molar-refractivity contribution in [2.75, 3.05) is 13.6 Å². The number of nitrogens with one attached hydrogen (secondary N) is 6. The summed E-state index contributed by atoms with van der Waals surface area (Å²) in [6, 6.07) is 1.79. The number of urea groups is 1. The van der Waals surface area contributed by atoms with Crippen molar-refractivity contribution in [2.45, 2.75) is 127 Å². The zero-order chi connectivity index (χ0) is 43.7. The molecule has 3 aromatic rings. The number of aliphatic hydroxyl groups is 1. The van der Waals surface area contributed by atoms with Crippen LogP contribution in [0.5, 0.6) is 0 Å². The third-order valence-corrected chi connectivity index (χ3v) is 11.5. The molecule has 19 nitrogen and oxygen atoms in total. The van der Waals surface area contributed by atoms with Crippen LogP contribution in [-0.4, -0.2) is 115 Å². The zero-order valence-electron chi connectivity index (χ0n) is 34.5. The lowest BCUT2D eigenvalue weighted by molar-refractivity contribution is -0.139. The molecule has 2 aliphatic rings. The van der Waals surface area contributed by atoms with Gasteiger partial charge in [-0.2, -0.15) is 0 Å². The number of carboxylic acids is 1. The Hall–Kier alpha value is -5.53. The number of carbonyl (C=O) groups is 5. The van der Waals surface area contributed by atoms with Crippen LogP contribution >= 0.6 is 0 Å². The van der Waals surface area contributed by atoms with Crippen molar-refractivity contribution in [2.24, 2.45) is 17.6 Å². The fourth-order valence-corrected chi connectivity index (χ4v) is 8.07. The summed E-state index contributed by atoms with van der Waals surface area (Å²) in [6.07, 6.45) is 5.60. The first-order valence-corrected chi connectivity index (χ1v) is 20.6. The van der Waals surface area contributed by atoms with Crippen molar-refractivity contribution in [1.29, 1.82) is 0 Å². The number of nitrogens with zero attached hydrogens (tertiary/aromatic N) is 2. The number of amides is 5. The molecule has 8 atom stereocenters. The number of hydrogen-bond acceptors (Lipinski definition) is 10. The maximum Gasteiger partial charge on any atom is 0.330 e. The Bertz CT molecular complexity index is 2090. The number of rotatable bonds is 18. The molecule has 19 heteroatoms. The summed E-state index contributed by atoms with van der Waals surface area (Å²) < 4.78 is 6.92. The SMILES string of the molecule is CC(C)C[C@H](NC(=O)N[C@@H](Cc1c[nH]c2ccccc12)C(=O)O)C(=O)N[C@H](C(=O)NC[C@H]1C[C@@H](O)[C@H](n2ccc(=O)[nH]c2=O)O1)[C@H](C)N(C)C(=O)C(N)CC1CCCCC1. The smallest absolute Gasteiger partial charge is 0.330 e. The first kappa shape index (κ1) is 45.6. The van der Waals surface area contributed by atoms with E-state index in [0.717, 1.165) is 53.6 Å². The highest BCUT2D eigenvalue weighted by Crippen LogP contribution is 2.29. The summed E-state index contributed by atoms with van der Waals surface area (Å²) in [6.45, 7) is 5.08. The van der Waals surface area contributed by atoms with Gasteiger partial charge in [0.2, 0.25) is 17.7 Å². The van der Waals surface area contributed by atoms with Crippen LogP contribution in [0.1, 0.15) is 83.9 Å². The number of hydrogen-bond donors (Lipinski definition) is 9. The minimum Gasteiger partial charge on any atom is -0.480 e. The molecular weight excluding hydrogens is 779 g/mol. The van der Waals surface area contributed by atoms with Crippen LogP contribution in [0.15, 0.2) is 52.3 Å². The molecule has 0 radical (unpaired) electrons. The molecule has 1 aromatic carbocycles. The van der Waals surface area contributed by atoms with Crippen molar-refractivity contribution >= 4 is 40.6 Å². The Balaban J connectivity index is 1.30. The summed E-state index contributed by atoms with van der Waals surface area (Å²) in [4.78, 5) is 98.0. The number of nitrogens with two attached hydrogens (primary N) is 1. The molecule has 5 rings (SSSR count). The third-order valence-electron chi connectivity index (χ3n) is 11.5. The molecule has 1 saturated carbocycles. The zero-order valence-corrected chi connectivity index (χ0v) is 34.5. The minimum atomic E-state index is -1.38. The van der Waals surface area contributed by atoms with Crippen LogP contribution in [-0.2, 0) is 30.3 Å². The van der Waals surface area contributed by atoms with E-state index in [4.69, 9.17) is 10.5 Å². The van der Waals surface area contributed by atoms with E-state index in [0.29, 0.717) is 17.9 Å². The first-order valence-electron chi connectivity index (χ1n) is 20.6. The average molecular weight is 838 g/mol. The number of benzene rings is 1. The number of carbonyl (C=O) groups excluding carboxylic acids is 4.